The van der Waals surface area contributed by atoms with Crippen molar-refractivity contribution in [2.24, 2.45) is 0 Å². The number of aromatic nitrogens is 4. The number of pyridine rings is 2. The molecule has 3 aromatic heterocycles. The lowest BCUT2D eigenvalue weighted by Gasteiger charge is -2.17. The third kappa shape index (κ3) is 3.64. The van der Waals surface area contributed by atoms with Crippen molar-refractivity contribution in [2.45, 2.75) is 12.5 Å². The minimum Gasteiger partial charge on any atom is -0.341 e. The van der Waals surface area contributed by atoms with Crippen molar-refractivity contribution in [3.05, 3.63) is 72.3 Å². The number of carbonyl (C=O) groups excluding carboxylic acids is 1. The highest BCUT2D eigenvalue weighted by Crippen LogP contribution is 2.19. The summed E-state index contributed by atoms with van der Waals surface area (Å²) in [6.07, 6.45) is 4.72. The molecule has 0 fully saturated rings. The van der Waals surface area contributed by atoms with Gasteiger partial charge in [-0.3, -0.25) is 9.20 Å². The van der Waals surface area contributed by atoms with Crippen molar-refractivity contribution in [1.82, 2.24) is 24.9 Å². The summed E-state index contributed by atoms with van der Waals surface area (Å²) in [6, 6.07) is 16.9. The zero-order valence-electron chi connectivity index (χ0n) is 14.9. The molecule has 1 unspecified atom stereocenters. The molecule has 1 N–H and O–H groups in total. The Kier molecular flexibility index (Phi) is 5.02. The van der Waals surface area contributed by atoms with Crippen LogP contribution in [0.2, 0.25) is 0 Å². The topological polar surface area (TPSA) is 72.2 Å². The molecule has 7 heteroatoms. The summed E-state index contributed by atoms with van der Waals surface area (Å²) in [5.41, 5.74) is 1.97. The second kappa shape index (κ2) is 7.75. The number of fused-ring (bicyclic) bond motifs is 2. The summed E-state index contributed by atoms with van der Waals surface area (Å²) in [5.74, 6) is 1.42. The predicted octanol–water partition coefficient (Wildman–Crippen LogP) is 3.50. The molecule has 0 saturated heterocycles. The van der Waals surface area contributed by atoms with Gasteiger partial charge in [0.05, 0.1) is 11.6 Å². The van der Waals surface area contributed by atoms with Crippen LogP contribution in [0.15, 0.2) is 60.8 Å². The summed E-state index contributed by atoms with van der Waals surface area (Å²) in [5, 5.41) is 12.6. The third-order valence-electron chi connectivity index (χ3n) is 4.40. The van der Waals surface area contributed by atoms with Gasteiger partial charge in [-0.1, -0.05) is 30.3 Å². The quantitative estimate of drug-likeness (QED) is 0.557. The van der Waals surface area contributed by atoms with E-state index in [-0.39, 0.29) is 11.9 Å². The molecule has 27 heavy (non-hydrogen) atoms. The van der Waals surface area contributed by atoms with E-state index in [2.05, 4.69) is 20.5 Å². The molecule has 1 aromatic carbocycles. The van der Waals surface area contributed by atoms with E-state index in [1.54, 1.807) is 17.8 Å². The minimum atomic E-state index is -0.240. The second-order valence-electron chi connectivity index (χ2n) is 6.18. The van der Waals surface area contributed by atoms with Gasteiger partial charge in [0.2, 0.25) is 0 Å². The van der Waals surface area contributed by atoms with Crippen LogP contribution in [-0.2, 0) is 0 Å². The maximum Gasteiger partial charge on any atom is 0.270 e. The number of para-hydroxylation sites is 1. The lowest BCUT2D eigenvalue weighted by molar-refractivity contribution is 0.0929. The molecule has 0 aliphatic heterocycles. The number of thioether (sulfide) groups is 1. The molecule has 0 spiro atoms. The number of amides is 1. The molecule has 6 nitrogen and oxygen atoms in total. The van der Waals surface area contributed by atoms with Gasteiger partial charge in [0, 0.05) is 11.6 Å². The summed E-state index contributed by atoms with van der Waals surface area (Å²) < 4.78 is 1.92. The third-order valence-corrected chi connectivity index (χ3v) is 5.04. The van der Waals surface area contributed by atoms with Gasteiger partial charge in [-0.05, 0) is 42.7 Å². The number of rotatable bonds is 6. The number of benzene rings is 1. The fraction of sp³-hybridized carbons (Fsp3) is 0.200. The van der Waals surface area contributed by atoms with Crippen molar-refractivity contribution in [1.29, 1.82) is 0 Å². The van der Waals surface area contributed by atoms with Gasteiger partial charge >= 0.3 is 0 Å². The van der Waals surface area contributed by atoms with Crippen LogP contribution in [0.5, 0.6) is 0 Å². The maximum atomic E-state index is 12.9. The van der Waals surface area contributed by atoms with Crippen LogP contribution >= 0.6 is 11.8 Å². The Hall–Kier alpha value is -2.93. The van der Waals surface area contributed by atoms with E-state index in [9.17, 15) is 4.79 Å². The number of hydrogen-bond acceptors (Lipinski definition) is 5. The van der Waals surface area contributed by atoms with E-state index in [4.69, 9.17) is 0 Å². The number of nitrogens with zero attached hydrogens (tertiary/aromatic N) is 4. The summed E-state index contributed by atoms with van der Waals surface area (Å²) in [7, 11) is 0. The van der Waals surface area contributed by atoms with E-state index in [0.29, 0.717) is 5.69 Å². The molecule has 0 saturated carbocycles. The van der Waals surface area contributed by atoms with Crippen molar-refractivity contribution in [3.8, 4) is 0 Å². The Morgan fingerprint density at radius 1 is 1.11 bits per heavy atom. The molecule has 0 radical (unpaired) electrons. The molecule has 4 aromatic rings. The molecule has 0 aliphatic carbocycles. The van der Waals surface area contributed by atoms with Gasteiger partial charge in [0.25, 0.3) is 5.91 Å². The molecule has 4 rings (SSSR count). The first-order valence-corrected chi connectivity index (χ1v) is 10.1. The zero-order chi connectivity index (χ0) is 18.6. The van der Waals surface area contributed by atoms with Crippen LogP contribution in [0.25, 0.3) is 16.6 Å². The summed E-state index contributed by atoms with van der Waals surface area (Å²) in [4.78, 5) is 17.3. The monoisotopic (exact) mass is 377 g/mol. The molecular weight excluding hydrogens is 358 g/mol. The van der Waals surface area contributed by atoms with Crippen LogP contribution in [0.3, 0.4) is 0 Å². The highest BCUT2D eigenvalue weighted by Gasteiger charge is 2.21. The van der Waals surface area contributed by atoms with Gasteiger partial charge < -0.3 is 5.32 Å². The Bertz CT molecular complexity index is 1090. The average molecular weight is 377 g/mol. The fourth-order valence-corrected chi connectivity index (χ4v) is 3.50. The lowest BCUT2D eigenvalue weighted by atomic mass is 10.1. The normalized spacial score (nSPS) is 12.3. The van der Waals surface area contributed by atoms with E-state index >= 15 is 0 Å². The molecule has 1 amide bonds. The van der Waals surface area contributed by atoms with Crippen molar-refractivity contribution >= 4 is 34.2 Å². The Morgan fingerprint density at radius 3 is 2.85 bits per heavy atom. The first-order chi connectivity index (χ1) is 13.3. The van der Waals surface area contributed by atoms with Crippen molar-refractivity contribution in [2.75, 3.05) is 12.0 Å². The first kappa shape index (κ1) is 17.5. The molecule has 136 valence electrons. The van der Waals surface area contributed by atoms with Crippen LogP contribution in [0.4, 0.5) is 0 Å². The van der Waals surface area contributed by atoms with Gasteiger partial charge in [-0.25, -0.2) is 4.98 Å². The van der Waals surface area contributed by atoms with Gasteiger partial charge in [-0.2, -0.15) is 11.8 Å². The van der Waals surface area contributed by atoms with Crippen molar-refractivity contribution < 1.29 is 4.79 Å². The van der Waals surface area contributed by atoms with Gasteiger partial charge in [0.1, 0.15) is 5.69 Å². The lowest BCUT2D eigenvalue weighted by Crippen LogP contribution is -2.31. The number of hydrogen-bond donors (Lipinski definition) is 1. The minimum absolute atomic E-state index is 0.209. The summed E-state index contributed by atoms with van der Waals surface area (Å²) in [6.45, 7) is 0. The van der Waals surface area contributed by atoms with Crippen LogP contribution in [-0.4, -0.2) is 37.5 Å². The SMILES string of the molecule is CSCCC(NC(=O)c1ccc2ccccc2n1)c1nnc2ccccn12. The smallest absolute Gasteiger partial charge is 0.270 e. The Balaban J connectivity index is 1.63. The van der Waals surface area contributed by atoms with Crippen LogP contribution in [0.1, 0.15) is 28.8 Å². The molecule has 0 aliphatic rings. The predicted molar refractivity (Wildman–Crippen MR) is 108 cm³/mol. The van der Waals surface area contributed by atoms with Crippen molar-refractivity contribution in [3.63, 3.8) is 0 Å². The van der Waals surface area contributed by atoms with E-state index in [1.807, 2.05) is 65.4 Å². The van der Waals surface area contributed by atoms with E-state index in [0.717, 1.165) is 34.5 Å². The van der Waals surface area contributed by atoms with Crippen LogP contribution < -0.4 is 5.32 Å². The first-order valence-electron chi connectivity index (χ1n) is 8.71. The molecule has 0 bridgehead atoms. The van der Waals surface area contributed by atoms with E-state index < -0.39 is 0 Å². The highest BCUT2D eigenvalue weighted by molar-refractivity contribution is 7.98. The van der Waals surface area contributed by atoms with Gasteiger partial charge in [-0.15, -0.1) is 10.2 Å². The standard InChI is InChI=1S/C20H19N5OS/c1-27-13-11-16(19-24-23-18-8-4-5-12-25(18)19)22-20(26)17-10-9-14-6-2-3-7-15(14)21-17/h2-10,12,16H,11,13H2,1H3,(H,22,26). The second-order valence-corrected chi connectivity index (χ2v) is 7.17. The molecule has 1 atom stereocenters. The maximum absolute atomic E-state index is 12.9. The fourth-order valence-electron chi connectivity index (χ4n) is 3.02. The zero-order valence-corrected chi connectivity index (χ0v) is 15.7. The van der Waals surface area contributed by atoms with Gasteiger partial charge in [0.15, 0.2) is 11.5 Å². The Morgan fingerprint density at radius 2 is 1.96 bits per heavy atom. The van der Waals surface area contributed by atoms with Crippen LogP contribution in [0, 0.1) is 0 Å². The largest absolute Gasteiger partial charge is 0.341 e. The average Bonchev–Trinajstić information content (AvgIpc) is 3.14. The number of nitrogens with one attached hydrogen (secondary N) is 1. The Labute approximate surface area is 161 Å². The highest BCUT2D eigenvalue weighted by atomic mass is 32.2. The molecule has 3 heterocycles. The number of carbonyl (C=O) groups is 1. The molecular formula is C20H19N5OS. The summed E-state index contributed by atoms with van der Waals surface area (Å²) >= 11 is 1.73. The van der Waals surface area contributed by atoms with E-state index in [1.165, 1.54) is 0 Å².